The molecule has 0 amide bonds. The van der Waals surface area contributed by atoms with Crippen LogP contribution in [0.4, 0.5) is 0 Å². The fraction of sp³-hybridized carbons (Fsp3) is 0.692. The van der Waals surface area contributed by atoms with E-state index < -0.39 is 0 Å². The highest BCUT2D eigenvalue weighted by atomic mass is 79.9. The second kappa shape index (κ2) is 5.26. The summed E-state index contributed by atoms with van der Waals surface area (Å²) in [7, 11) is 0. The van der Waals surface area contributed by atoms with Crippen molar-refractivity contribution in [2.45, 2.75) is 36.9 Å². The van der Waals surface area contributed by atoms with Gasteiger partial charge in [0.15, 0.2) is 0 Å². The van der Waals surface area contributed by atoms with Crippen molar-refractivity contribution in [2.24, 2.45) is 17.8 Å². The van der Waals surface area contributed by atoms with E-state index in [2.05, 4.69) is 53.9 Å². The fourth-order valence-electron chi connectivity index (χ4n) is 3.56. The number of rotatable bonds is 3. The summed E-state index contributed by atoms with van der Waals surface area (Å²) in [5.74, 6) is 3.07. The van der Waals surface area contributed by atoms with E-state index in [-0.39, 0.29) is 0 Å². The Morgan fingerprint density at radius 1 is 1.29 bits per heavy atom. The molecule has 2 bridgehead atoms. The lowest BCUT2D eigenvalue weighted by Crippen LogP contribution is -2.11. The Hall–Kier alpha value is 1.14. The molecule has 0 aliphatic heterocycles. The Labute approximate surface area is 132 Å². The molecule has 4 atom stereocenters. The Bertz CT molecular complexity index is 395. The molecule has 2 aliphatic rings. The normalized spacial score (nSPS) is 33.2. The molecule has 3 rings (SSSR count). The number of hydrogen-bond acceptors (Lipinski definition) is 1. The van der Waals surface area contributed by atoms with Crippen molar-refractivity contribution in [1.82, 2.24) is 0 Å². The minimum atomic E-state index is 0.541. The summed E-state index contributed by atoms with van der Waals surface area (Å²) < 4.78 is 2.40. The lowest BCUT2D eigenvalue weighted by molar-refractivity contribution is 0.314. The average molecular weight is 443 g/mol. The van der Waals surface area contributed by atoms with Crippen LogP contribution in [0.25, 0.3) is 0 Å². The zero-order valence-electron chi connectivity index (χ0n) is 9.46. The first-order valence-corrected chi connectivity index (χ1v) is 9.54. The highest BCUT2D eigenvalue weighted by Crippen LogP contribution is 2.52. The van der Waals surface area contributed by atoms with Crippen LogP contribution in [0.15, 0.2) is 14.3 Å². The summed E-state index contributed by atoms with van der Waals surface area (Å²) in [6, 6.07) is 2.25. The number of halogens is 3. The first-order chi connectivity index (χ1) is 8.13. The van der Waals surface area contributed by atoms with E-state index in [9.17, 15) is 0 Å². The van der Waals surface area contributed by atoms with Crippen LogP contribution in [0, 0.1) is 17.8 Å². The molecule has 94 valence electrons. The fourth-order valence-corrected chi connectivity index (χ4v) is 6.54. The molecule has 0 N–H and O–H groups in total. The molecule has 1 heterocycles. The van der Waals surface area contributed by atoms with Crippen molar-refractivity contribution in [2.75, 3.05) is 0 Å². The van der Waals surface area contributed by atoms with Gasteiger partial charge in [-0.25, -0.2) is 0 Å². The molecule has 2 fully saturated rings. The van der Waals surface area contributed by atoms with Gasteiger partial charge in [0.2, 0.25) is 0 Å². The van der Waals surface area contributed by atoms with Crippen LogP contribution in [0.1, 0.15) is 41.8 Å². The van der Waals surface area contributed by atoms with Gasteiger partial charge in [0.25, 0.3) is 0 Å². The zero-order chi connectivity index (χ0) is 12.0. The van der Waals surface area contributed by atoms with Crippen LogP contribution < -0.4 is 0 Å². The molecule has 1 aromatic rings. The number of hydrogen-bond donors (Lipinski definition) is 0. The van der Waals surface area contributed by atoms with Gasteiger partial charge in [0, 0.05) is 14.2 Å². The van der Waals surface area contributed by atoms with Crippen molar-refractivity contribution in [3.05, 3.63) is 19.2 Å². The molecule has 0 saturated heterocycles. The zero-order valence-corrected chi connectivity index (χ0v) is 15.0. The van der Waals surface area contributed by atoms with E-state index in [0.717, 1.165) is 17.8 Å². The van der Waals surface area contributed by atoms with E-state index in [4.69, 9.17) is 0 Å². The lowest BCUT2D eigenvalue weighted by atomic mass is 9.85. The largest absolute Gasteiger partial charge is 0.131 e. The summed E-state index contributed by atoms with van der Waals surface area (Å²) in [6.07, 6.45) is 7.32. The Morgan fingerprint density at radius 2 is 2.12 bits per heavy atom. The molecular weight excluding hydrogens is 428 g/mol. The van der Waals surface area contributed by atoms with Crippen molar-refractivity contribution < 1.29 is 0 Å². The predicted molar refractivity (Wildman–Crippen MR) is 84.9 cm³/mol. The number of thiophene rings is 1. The smallest absolute Gasteiger partial charge is 0.0843 e. The Kier molecular flexibility index (Phi) is 4.06. The second-order valence-electron chi connectivity index (χ2n) is 5.41. The molecule has 4 heteroatoms. The maximum absolute atomic E-state index is 3.88. The molecule has 1 aromatic heterocycles. The molecule has 2 aliphatic carbocycles. The van der Waals surface area contributed by atoms with Gasteiger partial charge in [0.1, 0.15) is 0 Å². The monoisotopic (exact) mass is 440 g/mol. The number of fused-ring (bicyclic) bond motifs is 2. The van der Waals surface area contributed by atoms with E-state index in [1.807, 2.05) is 11.3 Å². The van der Waals surface area contributed by atoms with Crippen molar-refractivity contribution in [3.63, 3.8) is 0 Å². The standard InChI is InChI=1S/C13H15Br3S/c14-10(12-6-11(15)13(16)17-12)5-9-4-7-1-2-8(9)3-7/h6-10H,1-5H2. The number of alkyl halides is 1. The molecule has 17 heavy (non-hydrogen) atoms. The summed E-state index contributed by atoms with van der Waals surface area (Å²) in [5, 5.41) is 0. The summed E-state index contributed by atoms with van der Waals surface area (Å²) in [6.45, 7) is 0. The summed E-state index contributed by atoms with van der Waals surface area (Å²) in [5.41, 5.74) is 0. The lowest BCUT2D eigenvalue weighted by Gasteiger charge is -2.23. The molecule has 0 radical (unpaired) electrons. The van der Waals surface area contributed by atoms with Gasteiger partial charge in [-0.15, -0.1) is 11.3 Å². The third kappa shape index (κ3) is 2.70. The van der Waals surface area contributed by atoms with Crippen LogP contribution >= 0.6 is 59.1 Å². The van der Waals surface area contributed by atoms with Crippen LogP contribution in [0.3, 0.4) is 0 Å². The van der Waals surface area contributed by atoms with Gasteiger partial charge in [-0.05, 0) is 81.4 Å². The van der Waals surface area contributed by atoms with Gasteiger partial charge in [-0.1, -0.05) is 22.4 Å². The SMILES string of the molecule is Brc1cc(C(Br)CC2CC3CCC2C3)sc1Br. The summed E-state index contributed by atoms with van der Waals surface area (Å²) >= 11 is 12.9. The predicted octanol–water partition coefficient (Wildman–Crippen LogP) is 6.54. The molecule has 0 spiro atoms. The second-order valence-corrected chi connectivity index (χ2v) is 9.77. The first-order valence-electron chi connectivity index (χ1n) is 6.22. The molecule has 0 aromatic carbocycles. The van der Waals surface area contributed by atoms with E-state index >= 15 is 0 Å². The van der Waals surface area contributed by atoms with Gasteiger partial charge in [0.05, 0.1) is 3.79 Å². The van der Waals surface area contributed by atoms with Crippen molar-refractivity contribution in [1.29, 1.82) is 0 Å². The first kappa shape index (κ1) is 13.1. The average Bonchev–Trinajstić information content (AvgIpc) is 2.95. The Morgan fingerprint density at radius 3 is 2.65 bits per heavy atom. The molecular formula is C13H15Br3S. The molecule has 4 unspecified atom stereocenters. The van der Waals surface area contributed by atoms with E-state index in [0.29, 0.717) is 4.83 Å². The maximum Gasteiger partial charge on any atom is 0.0843 e. The van der Waals surface area contributed by atoms with E-state index in [1.165, 1.54) is 45.2 Å². The van der Waals surface area contributed by atoms with Crippen molar-refractivity contribution in [3.8, 4) is 0 Å². The van der Waals surface area contributed by atoms with Gasteiger partial charge < -0.3 is 0 Å². The highest BCUT2D eigenvalue weighted by molar-refractivity contribution is 9.13. The molecule has 0 nitrogen and oxygen atoms in total. The molecule has 2 saturated carbocycles. The van der Waals surface area contributed by atoms with Crippen LogP contribution in [-0.4, -0.2) is 0 Å². The van der Waals surface area contributed by atoms with Crippen molar-refractivity contribution >= 4 is 59.1 Å². The van der Waals surface area contributed by atoms with E-state index in [1.54, 1.807) is 0 Å². The van der Waals surface area contributed by atoms with Crippen LogP contribution in [0.5, 0.6) is 0 Å². The summed E-state index contributed by atoms with van der Waals surface area (Å²) in [4.78, 5) is 1.99. The third-order valence-electron chi connectivity index (χ3n) is 4.37. The minimum absolute atomic E-state index is 0.541. The van der Waals surface area contributed by atoms with Gasteiger partial charge in [-0.2, -0.15) is 0 Å². The van der Waals surface area contributed by atoms with Gasteiger partial charge in [-0.3, -0.25) is 0 Å². The Balaban J connectivity index is 1.65. The topological polar surface area (TPSA) is 0 Å². The van der Waals surface area contributed by atoms with Gasteiger partial charge >= 0.3 is 0 Å². The third-order valence-corrected chi connectivity index (χ3v) is 8.91. The minimum Gasteiger partial charge on any atom is -0.131 e. The highest BCUT2D eigenvalue weighted by Gasteiger charge is 2.40. The van der Waals surface area contributed by atoms with Crippen LogP contribution in [0.2, 0.25) is 0 Å². The quantitative estimate of drug-likeness (QED) is 0.466. The van der Waals surface area contributed by atoms with Crippen LogP contribution in [-0.2, 0) is 0 Å². The maximum atomic E-state index is 3.88.